The molecule has 132 valence electrons. The SMILES string of the molecule is CN(CCc1ccncc1)c1cnc(C(=O)NCc2ccccn2)cn1. The maximum Gasteiger partial charge on any atom is 0.271 e. The Kier molecular flexibility index (Phi) is 5.82. The van der Waals surface area contributed by atoms with Crippen molar-refractivity contribution in [3.8, 4) is 0 Å². The molecule has 0 saturated heterocycles. The van der Waals surface area contributed by atoms with E-state index in [0.717, 1.165) is 24.5 Å². The summed E-state index contributed by atoms with van der Waals surface area (Å²) in [5.41, 5.74) is 2.29. The van der Waals surface area contributed by atoms with E-state index in [9.17, 15) is 4.79 Å². The van der Waals surface area contributed by atoms with Crippen molar-refractivity contribution in [2.45, 2.75) is 13.0 Å². The van der Waals surface area contributed by atoms with Crippen molar-refractivity contribution in [2.24, 2.45) is 0 Å². The van der Waals surface area contributed by atoms with Gasteiger partial charge in [0.25, 0.3) is 5.91 Å². The number of hydrogen-bond acceptors (Lipinski definition) is 6. The molecule has 3 heterocycles. The lowest BCUT2D eigenvalue weighted by atomic mass is 10.2. The zero-order valence-electron chi connectivity index (χ0n) is 14.5. The Morgan fingerprint density at radius 2 is 1.88 bits per heavy atom. The lowest BCUT2D eigenvalue weighted by Crippen LogP contribution is -2.25. The van der Waals surface area contributed by atoms with Crippen LogP contribution in [0.3, 0.4) is 0 Å². The van der Waals surface area contributed by atoms with Crippen molar-refractivity contribution in [1.82, 2.24) is 25.3 Å². The van der Waals surface area contributed by atoms with Gasteiger partial charge in [0.15, 0.2) is 0 Å². The Morgan fingerprint density at radius 1 is 1.04 bits per heavy atom. The number of nitrogens with zero attached hydrogens (tertiary/aromatic N) is 5. The Balaban J connectivity index is 1.53. The third kappa shape index (κ3) is 4.83. The minimum atomic E-state index is -0.269. The van der Waals surface area contributed by atoms with Gasteiger partial charge in [-0.1, -0.05) is 6.07 Å². The summed E-state index contributed by atoms with van der Waals surface area (Å²) < 4.78 is 0. The zero-order valence-corrected chi connectivity index (χ0v) is 14.5. The zero-order chi connectivity index (χ0) is 18.2. The third-order valence-corrected chi connectivity index (χ3v) is 3.90. The van der Waals surface area contributed by atoms with E-state index in [1.54, 1.807) is 24.8 Å². The van der Waals surface area contributed by atoms with Crippen molar-refractivity contribution in [3.05, 3.63) is 78.3 Å². The van der Waals surface area contributed by atoms with Gasteiger partial charge in [-0.2, -0.15) is 0 Å². The smallest absolute Gasteiger partial charge is 0.271 e. The van der Waals surface area contributed by atoms with Gasteiger partial charge < -0.3 is 10.2 Å². The van der Waals surface area contributed by atoms with Crippen LogP contribution in [0.1, 0.15) is 21.7 Å². The highest BCUT2D eigenvalue weighted by atomic mass is 16.1. The summed E-state index contributed by atoms with van der Waals surface area (Å²) in [6, 6.07) is 9.56. The fraction of sp³-hybridized carbons (Fsp3) is 0.211. The average molecular weight is 348 g/mol. The van der Waals surface area contributed by atoms with Crippen molar-refractivity contribution in [2.75, 3.05) is 18.5 Å². The normalized spacial score (nSPS) is 10.3. The van der Waals surface area contributed by atoms with E-state index in [0.29, 0.717) is 6.54 Å². The largest absolute Gasteiger partial charge is 0.358 e. The van der Waals surface area contributed by atoms with Gasteiger partial charge in [-0.15, -0.1) is 0 Å². The van der Waals surface area contributed by atoms with E-state index in [1.807, 2.05) is 42.3 Å². The first-order chi connectivity index (χ1) is 12.7. The maximum atomic E-state index is 12.1. The first-order valence-electron chi connectivity index (χ1n) is 8.32. The number of pyridine rings is 2. The van der Waals surface area contributed by atoms with Crippen LogP contribution in [0, 0.1) is 0 Å². The van der Waals surface area contributed by atoms with Gasteiger partial charge in [-0.05, 0) is 36.2 Å². The highest BCUT2D eigenvalue weighted by Crippen LogP contribution is 2.08. The summed E-state index contributed by atoms with van der Waals surface area (Å²) in [5, 5.41) is 2.79. The Morgan fingerprint density at radius 3 is 2.58 bits per heavy atom. The van der Waals surface area contributed by atoms with Crippen LogP contribution in [0.15, 0.2) is 61.3 Å². The molecule has 1 amide bonds. The summed E-state index contributed by atoms with van der Waals surface area (Å²) in [6.45, 7) is 1.15. The molecule has 0 unspecified atom stereocenters. The minimum Gasteiger partial charge on any atom is -0.358 e. The van der Waals surface area contributed by atoms with Crippen molar-refractivity contribution in [3.63, 3.8) is 0 Å². The predicted octanol–water partition coefficient (Wildman–Crippen LogP) is 1.88. The molecule has 0 aliphatic heterocycles. The standard InChI is InChI=1S/C19H20N6O/c1-25(11-7-15-5-9-20-10-6-15)18-14-22-17(13-23-18)19(26)24-12-16-4-2-3-8-21-16/h2-6,8-10,13-14H,7,11-12H2,1H3,(H,24,26). The van der Waals surface area contributed by atoms with Gasteiger partial charge in [0.05, 0.1) is 24.6 Å². The molecule has 0 spiro atoms. The summed E-state index contributed by atoms with van der Waals surface area (Å²) in [5.74, 6) is 0.453. The minimum absolute atomic E-state index is 0.269. The van der Waals surface area contributed by atoms with E-state index in [-0.39, 0.29) is 11.6 Å². The second-order valence-corrected chi connectivity index (χ2v) is 5.79. The molecule has 0 aliphatic rings. The number of carbonyl (C=O) groups excluding carboxylic acids is 1. The molecule has 0 fully saturated rings. The number of amides is 1. The van der Waals surface area contributed by atoms with Crippen LogP contribution in [0.5, 0.6) is 0 Å². The number of likely N-dealkylation sites (N-methyl/N-ethyl adjacent to an activating group) is 1. The number of anilines is 1. The second-order valence-electron chi connectivity index (χ2n) is 5.79. The van der Waals surface area contributed by atoms with Gasteiger partial charge in [0.1, 0.15) is 11.5 Å². The summed E-state index contributed by atoms with van der Waals surface area (Å²) in [6.07, 6.45) is 9.25. The van der Waals surface area contributed by atoms with E-state index < -0.39 is 0 Å². The molecule has 0 aromatic carbocycles. The van der Waals surface area contributed by atoms with Crippen molar-refractivity contribution >= 4 is 11.7 Å². The van der Waals surface area contributed by atoms with Crippen LogP contribution in [-0.4, -0.2) is 39.4 Å². The first kappa shape index (κ1) is 17.5. The highest BCUT2D eigenvalue weighted by molar-refractivity contribution is 5.91. The molecule has 3 rings (SSSR count). The molecule has 0 bridgehead atoms. The fourth-order valence-corrected chi connectivity index (χ4v) is 2.36. The number of nitrogens with one attached hydrogen (secondary N) is 1. The maximum absolute atomic E-state index is 12.1. The molecule has 3 aromatic rings. The van der Waals surface area contributed by atoms with Crippen LogP contribution in [0.25, 0.3) is 0 Å². The Hall–Kier alpha value is -3.35. The second kappa shape index (κ2) is 8.66. The average Bonchev–Trinajstić information content (AvgIpc) is 2.72. The molecular weight excluding hydrogens is 328 g/mol. The van der Waals surface area contributed by atoms with E-state index >= 15 is 0 Å². The van der Waals surface area contributed by atoms with E-state index in [1.165, 1.54) is 11.8 Å². The topological polar surface area (TPSA) is 83.9 Å². The van der Waals surface area contributed by atoms with Crippen LogP contribution < -0.4 is 10.2 Å². The van der Waals surface area contributed by atoms with Crippen molar-refractivity contribution < 1.29 is 4.79 Å². The van der Waals surface area contributed by atoms with E-state index in [2.05, 4.69) is 25.3 Å². The molecule has 0 radical (unpaired) electrons. The molecule has 0 aliphatic carbocycles. The number of rotatable bonds is 7. The van der Waals surface area contributed by atoms with E-state index in [4.69, 9.17) is 0 Å². The molecule has 1 N–H and O–H groups in total. The van der Waals surface area contributed by atoms with Gasteiger partial charge in [0, 0.05) is 32.2 Å². The monoisotopic (exact) mass is 348 g/mol. The lowest BCUT2D eigenvalue weighted by Gasteiger charge is -2.17. The Bertz CT molecular complexity index is 824. The quantitative estimate of drug-likeness (QED) is 0.702. The Labute approximate surface area is 152 Å². The van der Waals surface area contributed by atoms with Crippen LogP contribution in [0.2, 0.25) is 0 Å². The van der Waals surface area contributed by atoms with Crippen LogP contribution in [0.4, 0.5) is 5.82 Å². The predicted molar refractivity (Wildman–Crippen MR) is 98.7 cm³/mol. The molecule has 0 saturated carbocycles. The van der Waals surface area contributed by atoms with Gasteiger partial charge in [0.2, 0.25) is 0 Å². The van der Waals surface area contributed by atoms with Gasteiger partial charge >= 0.3 is 0 Å². The summed E-state index contributed by atoms with van der Waals surface area (Å²) in [4.78, 5) is 30.9. The van der Waals surface area contributed by atoms with Crippen LogP contribution in [-0.2, 0) is 13.0 Å². The molecule has 26 heavy (non-hydrogen) atoms. The first-order valence-corrected chi connectivity index (χ1v) is 8.32. The fourth-order valence-electron chi connectivity index (χ4n) is 2.36. The number of aromatic nitrogens is 4. The van der Waals surface area contributed by atoms with Gasteiger partial charge in [-0.3, -0.25) is 14.8 Å². The summed E-state index contributed by atoms with van der Waals surface area (Å²) in [7, 11) is 1.95. The molecular formula is C19H20N6O. The lowest BCUT2D eigenvalue weighted by molar-refractivity contribution is 0.0945. The molecule has 7 nitrogen and oxygen atoms in total. The summed E-state index contributed by atoms with van der Waals surface area (Å²) >= 11 is 0. The van der Waals surface area contributed by atoms with Crippen molar-refractivity contribution in [1.29, 1.82) is 0 Å². The highest BCUT2D eigenvalue weighted by Gasteiger charge is 2.10. The number of carbonyl (C=O) groups is 1. The number of hydrogen-bond donors (Lipinski definition) is 1. The third-order valence-electron chi connectivity index (χ3n) is 3.90. The van der Waals surface area contributed by atoms with Crippen LogP contribution >= 0.6 is 0 Å². The molecule has 0 atom stereocenters. The van der Waals surface area contributed by atoms with Gasteiger partial charge in [-0.25, -0.2) is 9.97 Å². The molecule has 3 aromatic heterocycles. The molecule has 7 heteroatoms.